The van der Waals surface area contributed by atoms with E-state index in [1.807, 2.05) is 23.1 Å². The van der Waals surface area contributed by atoms with Gasteiger partial charge in [-0.05, 0) is 42.7 Å². The zero-order valence-corrected chi connectivity index (χ0v) is 14.8. The molecule has 0 bridgehead atoms. The van der Waals surface area contributed by atoms with Gasteiger partial charge in [-0.3, -0.25) is 9.59 Å². The van der Waals surface area contributed by atoms with Crippen LogP contribution < -0.4 is 0 Å². The van der Waals surface area contributed by atoms with Crippen LogP contribution in [0.4, 0.5) is 0 Å². The molecule has 0 aliphatic carbocycles. The van der Waals surface area contributed by atoms with Gasteiger partial charge in [-0.2, -0.15) is 0 Å². The smallest absolute Gasteiger partial charge is 0.242 e. The van der Waals surface area contributed by atoms with Crippen LogP contribution in [0.2, 0.25) is 0 Å². The Labute approximate surface area is 149 Å². The molecule has 25 heavy (non-hydrogen) atoms. The number of hydrogen-bond donors (Lipinski definition) is 1. The van der Waals surface area contributed by atoms with Gasteiger partial charge in [0.05, 0.1) is 13.2 Å². The number of aliphatic hydroxyl groups excluding tert-OH is 1. The minimum atomic E-state index is 0.0625. The Morgan fingerprint density at radius 3 is 2.84 bits per heavy atom. The number of rotatable bonds is 5. The fourth-order valence-corrected chi connectivity index (χ4v) is 3.88. The van der Waals surface area contributed by atoms with Crippen LogP contribution in [-0.4, -0.2) is 52.9 Å². The number of benzene rings is 1. The Bertz CT molecular complexity index is 617. The third-order valence-corrected chi connectivity index (χ3v) is 5.33. The van der Waals surface area contributed by atoms with Gasteiger partial charge in [-0.25, -0.2) is 0 Å². The molecule has 0 aromatic heterocycles. The van der Waals surface area contributed by atoms with Gasteiger partial charge < -0.3 is 14.9 Å². The third-order valence-electron chi connectivity index (χ3n) is 5.33. The third kappa shape index (κ3) is 4.82. The fraction of sp³-hybridized carbons (Fsp3) is 0.600. The predicted octanol–water partition coefficient (Wildman–Crippen LogP) is 1.97. The predicted molar refractivity (Wildman–Crippen MR) is 95.8 cm³/mol. The fourth-order valence-electron chi connectivity index (χ4n) is 3.88. The zero-order valence-electron chi connectivity index (χ0n) is 14.8. The van der Waals surface area contributed by atoms with E-state index in [0.717, 1.165) is 57.3 Å². The molecule has 0 radical (unpaired) electrons. The summed E-state index contributed by atoms with van der Waals surface area (Å²) >= 11 is 0. The summed E-state index contributed by atoms with van der Waals surface area (Å²) in [6.07, 6.45) is 5.54. The maximum atomic E-state index is 12.6. The first-order chi connectivity index (χ1) is 12.2. The Morgan fingerprint density at radius 2 is 2.00 bits per heavy atom. The van der Waals surface area contributed by atoms with E-state index in [0.29, 0.717) is 12.3 Å². The molecule has 1 aromatic rings. The highest BCUT2D eigenvalue weighted by molar-refractivity contribution is 5.85. The number of nitrogens with zero attached hydrogens (tertiary/aromatic N) is 2. The average molecular weight is 344 g/mol. The molecule has 2 heterocycles. The molecule has 2 amide bonds. The van der Waals surface area contributed by atoms with E-state index in [1.165, 1.54) is 5.56 Å². The van der Waals surface area contributed by atoms with E-state index in [-0.39, 0.29) is 25.0 Å². The minimum Gasteiger partial charge on any atom is -0.392 e. The van der Waals surface area contributed by atoms with Crippen LogP contribution in [0.1, 0.15) is 43.2 Å². The van der Waals surface area contributed by atoms with Crippen molar-refractivity contribution in [1.29, 1.82) is 0 Å². The summed E-state index contributed by atoms with van der Waals surface area (Å²) in [6, 6.07) is 8.02. The van der Waals surface area contributed by atoms with Crippen LogP contribution in [0.3, 0.4) is 0 Å². The van der Waals surface area contributed by atoms with Gasteiger partial charge in [-0.1, -0.05) is 30.7 Å². The zero-order chi connectivity index (χ0) is 17.6. The Kier molecular flexibility index (Phi) is 6.08. The lowest BCUT2D eigenvalue weighted by atomic mass is 9.97. The van der Waals surface area contributed by atoms with E-state index in [1.54, 1.807) is 4.90 Å². The normalized spacial score (nSPS) is 21.5. The van der Waals surface area contributed by atoms with E-state index >= 15 is 0 Å². The molecule has 5 heteroatoms. The molecule has 2 saturated heterocycles. The van der Waals surface area contributed by atoms with E-state index in [2.05, 4.69) is 6.07 Å². The van der Waals surface area contributed by atoms with Crippen molar-refractivity contribution >= 4 is 11.8 Å². The SMILES string of the molecule is O=C1CCCCCN1CC(=O)N1CCC(Cc2cccc(CO)c2)C1. The summed E-state index contributed by atoms with van der Waals surface area (Å²) in [4.78, 5) is 28.3. The van der Waals surface area contributed by atoms with Crippen LogP contribution in [0.5, 0.6) is 0 Å². The van der Waals surface area contributed by atoms with Crippen molar-refractivity contribution < 1.29 is 14.7 Å². The molecule has 1 unspecified atom stereocenters. The van der Waals surface area contributed by atoms with Crippen LogP contribution in [0, 0.1) is 5.92 Å². The van der Waals surface area contributed by atoms with Gasteiger partial charge in [0.15, 0.2) is 0 Å². The van der Waals surface area contributed by atoms with Crippen LogP contribution >= 0.6 is 0 Å². The van der Waals surface area contributed by atoms with Crippen LogP contribution in [0.15, 0.2) is 24.3 Å². The number of carbonyl (C=O) groups excluding carboxylic acids is 2. The topological polar surface area (TPSA) is 60.9 Å². The summed E-state index contributed by atoms with van der Waals surface area (Å²) < 4.78 is 0. The highest BCUT2D eigenvalue weighted by Gasteiger charge is 2.28. The van der Waals surface area contributed by atoms with Crippen molar-refractivity contribution in [2.45, 2.75) is 45.1 Å². The first-order valence-corrected chi connectivity index (χ1v) is 9.40. The van der Waals surface area contributed by atoms with Crippen molar-refractivity contribution in [2.75, 3.05) is 26.2 Å². The molecule has 1 atom stereocenters. The van der Waals surface area contributed by atoms with E-state index in [4.69, 9.17) is 0 Å². The molecular formula is C20H28N2O3. The first-order valence-electron chi connectivity index (χ1n) is 9.40. The summed E-state index contributed by atoms with van der Waals surface area (Å²) in [5, 5.41) is 9.25. The van der Waals surface area contributed by atoms with Gasteiger partial charge >= 0.3 is 0 Å². The Hall–Kier alpha value is -1.88. The van der Waals surface area contributed by atoms with Crippen molar-refractivity contribution in [1.82, 2.24) is 9.80 Å². The Balaban J connectivity index is 1.51. The quantitative estimate of drug-likeness (QED) is 0.888. The monoisotopic (exact) mass is 344 g/mol. The molecule has 1 N–H and O–H groups in total. The average Bonchev–Trinajstić information content (AvgIpc) is 2.99. The maximum Gasteiger partial charge on any atom is 0.242 e. The number of likely N-dealkylation sites (tertiary alicyclic amines) is 2. The number of carbonyl (C=O) groups is 2. The second-order valence-electron chi connectivity index (χ2n) is 7.30. The van der Waals surface area contributed by atoms with Crippen molar-refractivity contribution in [3.05, 3.63) is 35.4 Å². The molecule has 3 rings (SSSR count). The molecule has 0 saturated carbocycles. The molecule has 5 nitrogen and oxygen atoms in total. The van der Waals surface area contributed by atoms with Gasteiger partial charge in [0, 0.05) is 26.1 Å². The van der Waals surface area contributed by atoms with Gasteiger partial charge in [0.1, 0.15) is 0 Å². The molecule has 2 aliphatic heterocycles. The lowest BCUT2D eigenvalue weighted by Gasteiger charge is -2.24. The van der Waals surface area contributed by atoms with Gasteiger partial charge in [-0.15, -0.1) is 0 Å². The lowest BCUT2D eigenvalue weighted by Crippen LogP contribution is -2.42. The maximum absolute atomic E-state index is 12.6. The molecule has 2 fully saturated rings. The second-order valence-corrected chi connectivity index (χ2v) is 7.30. The summed E-state index contributed by atoms with van der Waals surface area (Å²) in [7, 11) is 0. The Morgan fingerprint density at radius 1 is 1.16 bits per heavy atom. The van der Waals surface area contributed by atoms with Crippen molar-refractivity contribution in [2.24, 2.45) is 5.92 Å². The van der Waals surface area contributed by atoms with E-state index in [9.17, 15) is 14.7 Å². The minimum absolute atomic E-state index is 0.0625. The van der Waals surface area contributed by atoms with Crippen LogP contribution in [0.25, 0.3) is 0 Å². The van der Waals surface area contributed by atoms with Crippen molar-refractivity contribution in [3.8, 4) is 0 Å². The molecular weight excluding hydrogens is 316 g/mol. The van der Waals surface area contributed by atoms with Gasteiger partial charge in [0.25, 0.3) is 0 Å². The summed E-state index contributed by atoms with van der Waals surface area (Å²) in [6.45, 7) is 2.57. The number of amides is 2. The second kappa shape index (κ2) is 8.48. The van der Waals surface area contributed by atoms with E-state index < -0.39 is 0 Å². The molecule has 2 aliphatic rings. The first kappa shape index (κ1) is 17.9. The summed E-state index contributed by atoms with van der Waals surface area (Å²) in [5.74, 6) is 0.669. The molecule has 0 spiro atoms. The summed E-state index contributed by atoms with van der Waals surface area (Å²) in [5.41, 5.74) is 2.15. The highest BCUT2D eigenvalue weighted by atomic mass is 16.3. The number of aliphatic hydroxyl groups is 1. The lowest BCUT2D eigenvalue weighted by molar-refractivity contribution is -0.139. The molecule has 136 valence electrons. The molecule has 1 aromatic carbocycles. The standard InChI is InChI=1S/C20H28N2O3/c23-15-18-6-4-5-16(12-18)11-17-8-10-22(13-17)20(25)14-21-9-3-1-2-7-19(21)24/h4-6,12,17,23H,1-3,7-11,13-15H2. The highest BCUT2D eigenvalue weighted by Crippen LogP contribution is 2.22. The van der Waals surface area contributed by atoms with Gasteiger partial charge in [0.2, 0.25) is 11.8 Å². The van der Waals surface area contributed by atoms with Crippen molar-refractivity contribution in [3.63, 3.8) is 0 Å². The number of hydrogen-bond acceptors (Lipinski definition) is 3. The van der Waals surface area contributed by atoms with Crippen LogP contribution in [-0.2, 0) is 22.6 Å². The largest absolute Gasteiger partial charge is 0.392 e.